The third-order valence-electron chi connectivity index (χ3n) is 3.67. The Bertz CT molecular complexity index is 840. The van der Waals surface area contributed by atoms with Gasteiger partial charge in [0.25, 0.3) is 0 Å². The van der Waals surface area contributed by atoms with Gasteiger partial charge in [0.15, 0.2) is 0 Å². The van der Waals surface area contributed by atoms with Gasteiger partial charge in [-0.2, -0.15) is 12.7 Å². The van der Waals surface area contributed by atoms with Crippen molar-refractivity contribution in [1.29, 1.82) is 0 Å². The number of hydrogen-bond donors (Lipinski definition) is 1. The number of rotatable bonds is 8. The molecule has 0 unspecified atom stereocenters. The second kappa shape index (κ2) is 8.68. The lowest BCUT2D eigenvalue weighted by atomic mass is 10.2. The zero-order valence-electron chi connectivity index (χ0n) is 14.7. The summed E-state index contributed by atoms with van der Waals surface area (Å²) in [4.78, 5) is 11.9. The van der Waals surface area contributed by atoms with Gasteiger partial charge in [0.05, 0.1) is 12.3 Å². The van der Waals surface area contributed by atoms with Gasteiger partial charge in [-0.3, -0.25) is 9.10 Å². The fraction of sp³-hybridized carbons (Fsp3) is 0.278. The predicted octanol–water partition coefficient (Wildman–Crippen LogP) is 2.14. The molecule has 0 aliphatic heterocycles. The first-order valence-electron chi connectivity index (χ1n) is 8.07. The quantitative estimate of drug-likeness (QED) is 0.711. The largest absolute Gasteiger partial charge is 0.508 e. The van der Waals surface area contributed by atoms with E-state index in [0.29, 0.717) is 11.3 Å². The van der Waals surface area contributed by atoms with Gasteiger partial charge in [0.1, 0.15) is 12.3 Å². The van der Waals surface area contributed by atoms with E-state index in [-0.39, 0.29) is 18.9 Å². The highest BCUT2D eigenvalue weighted by Gasteiger charge is 2.30. The first kappa shape index (κ1) is 19.7. The van der Waals surface area contributed by atoms with Gasteiger partial charge in [-0.25, -0.2) is 0 Å². The Morgan fingerprint density at radius 3 is 2.42 bits per heavy atom. The minimum absolute atomic E-state index is 0.0207. The zero-order valence-corrected chi connectivity index (χ0v) is 15.5. The fourth-order valence-corrected chi connectivity index (χ4v) is 3.69. The van der Waals surface area contributed by atoms with Gasteiger partial charge in [-0.05, 0) is 36.8 Å². The summed E-state index contributed by atoms with van der Waals surface area (Å²) in [5, 5.41) is 9.61. The van der Waals surface area contributed by atoms with Crippen molar-refractivity contribution in [1.82, 2.24) is 4.31 Å². The monoisotopic (exact) mass is 378 g/mol. The number of hydrogen-bond acceptors (Lipinski definition) is 5. The van der Waals surface area contributed by atoms with Crippen LogP contribution in [0.5, 0.6) is 5.75 Å². The van der Waals surface area contributed by atoms with Crippen LogP contribution in [0.4, 0.5) is 5.69 Å². The molecule has 2 aromatic carbocycles. The molecule has 2 aromatic rings. The molecule has 7 nitrogen and oxygen atoms in total. The molecule has 0 spiro atoms. The number of nitrogens with zero attached hydrogens (tertiary/aromatic N) is 2. The van der Waals surface area contributed by atoms with E-state index in [0.717, 1.165) is 8.61 Å². The average molecular weight is 378 g/mol. The summed E-state index contributed by atoms with van der Waals surface area (Å²) in [5.74, 6) is -0.620. The minimum Gasteiger partial charge on any atom is -0.508 e. The number of benzene rings is 2. The van der Waals surface area contributed by atoms with Crippen molar-refractivity contribution in [3.8, 4) is 5.75 Å². The molecular weight excluding hydrogens is 356 g/mol. The van der Waals surface area contributed by atoms with E-state index in [1.807, 2.05) is 0 Å². The summed E-state index contributed by atoms with van der Waals surface area (Å²) in [7, 11) is -2.57. The molecule has 0 atom stereocenters. The van der Waals surface area contributed by atoms with Gasteiger partial charge < -0.3 is 9.84 Å². The van der Waals surface area contributed by atoms with Crippen LogP contribution in [0, 0.1) is 0 Å². The summed E-state index contributed by atoms with van der Waals surface area (Å²) in [6.07, 6.45) is 0. The summed E-state index contributed by atoms with van der Waals surface area (Å²) >= 11 is 0. The van der Waals surface area contributed by atoms with Crippen LogP contribution in [0.1, 0.15) is 12.5 Å². The molecule has 8 heteroatoms. The molecule has 0 bridgehead atoms. The second-order valence-electron chi connectivity index (χ2n) is 5.55. The Kier molecular flexibility index (Phi) is 6.59. The molecule has 1 N–H and O–H groups in total. The van der Waals surface area contributed by atoms with E-state index in [2.05, 4.69) is 0 Å². The summed E-state index contributed by atoms with van der Waals surface area (Å²) in [5.41, 5.74) is 1.02. The van der Waals surface area contributed by atoms with E-state index < -0.39 is 22.7 Å². The maximum absolute atomic E-state index is 13.0. The molecule has 0 saturated carbocycles. The first-order chi connectivity index (χ1) is 12.3. The second-order valence-corrected chi connectivity index (χ2v) is 7.51. The maximum atomic E-state index is 13.0. The first-order valence-corrected chi connectivity index (χ1v) is 9.47. The number of aromatic hydroxyl groups is 1. The molecule has 0 aliphatic carbocycles. The maximum Gasteiger partial charge on any atom is 0.321 e. The van der Waals surface area contributed by atoms with Crippen molar-refractivity contribution in [3.05, 3.63) is 60.2 Å². The van der Waals surface area contributed by atoms with E-state index >= 15 is 0 Å². The number of phenolic OH excluding ortho intramolecular Hbond substituents is 1. The van der Waals surface area contributed by atoms with Crippen LogP contribution >= 0.6 is 0 Å². The van der Waals surface area contributed by atoms with Gasteiger partial charge in [0.2, 0.25) is 0 Å². The van der Waals surface area contributed by atoms with Crippen molar-refractivity contribution in [2.45, 2.75) is 13.5 Å². The van der Waals surface area contributed by atoms with Crippen molar-refractivity contribution in [3.63, 3.8) is 0 Å². The highest BCUT2D eigenvalue weighted by Crippen LogP contribution is 2.21. The Hall–Kier alpha value is -2.58. The summed E-state index contributed by atoms with van der Waals surface area (Å²) < 4.78 is 33.1. The molecule has 0 heterocycles. The molecule has 0 radical (unpaired) electrons. The van der Waals surface area contributed by atoms with Crippen LogP contribution < -0.4 is 4.31 Å². The van der Waals surface area contributed by atoms with Crippen molar-refractivity contribution in [2.75, 3.05) is 24.5 Å². The molecule has 26 heavy (non-hydrogen) atoms. The highest BCUT2D eigenvalue weighted by molar-refractivity contribution is 7.90. The summed E-state index contributed by atoms with van der Waals surface area (Å²) in [6, 6.07) is 14.8. The molecule has 0 saturated heterocycles. The van der Waals surface area contributed by atoms with Crippen molar-refractivity contribution >= 4 is 21.9 Å². The molecule has 0 amide bonds. The number of carbonyl (C=O) groups is 1. The van der Waals surface area contributed by atoms with Crippen LogP contribution in [0.15, 0.2) is 54.6 Å². The van der Waals surface area contributed by atoms with Crippen LogP contribution in [0.3, 0.4) is 0 Å². The molecule has 140 valence electrons. The fourth-order valence-electron chi connectivity index (χ4n) is 2.37. The number of esters is 1. The van der Waals surface area contributed by atoms with Gasteiger partial charge in [-0.15, -0.1) is 0 Å². The Labute approximate surface area is 153 Å². The molecule has 0 fully saturated rings. The minimum atomic E-state index is -3.99. The normalized spacial score (nSPS) is 11.3. The third-order valence-corrected chi connectivity index (χ3v) is 5.49. The topological polar surface area (TPSA) is 87.1 Å². The van der Waals surface area contributed by atoms with Gasteiger partial charge in [0, 0.05) is 13.6 Å². The van der Waals surface area contributed by atoms with Gasteiger partial charge in [-0.1, -0.05) is 30.3 Å². The SMILES string of the molecule is CCOC(=O)CN(Cc1cccc(O)c1)S(=O)(=O)N(C)c1ccccc1. The van der Waals surface area contributed by atoms with Crippen molar-refractivity contribution < 1.29 is 23.1 Å². The molecule has 2 rings (SSSR count). The van der Waals surface area contributed by atoms with Crippen LogP contribution in [0.2, 0.25) is 0 Å². The standard InChI is InChI=1S/C18H22N2O5S/c1-3-25-18(22)14-20(13-15-8-7-11-17(21)12-15)26(23,24)19(2)16-9-5-4-6-10-16/h4-12,21H,3,13-14H2,1-2H3. The van der Waals surface area contributed by atoms with Gasteiger partial charge >= 0.3 is 16.2 Å². The molecule has 0 aliphatic rings. The van der Waals surface area contributed by atoms with Crippen molar-refractivity contribution in [2.24, 2.45) is 0 Å². The average Bonchev–Trinajstić information content (AvgIpc) is 2.61. The number of phenols is 1. The number of anilines is 1. The lowest BCUT2D eigenvalue weighted by Crippen LogP contribution is -2.44. The van der Waals surface area contributed by atoms with E-state index in [4.69, 9.17) is 4.74 Å². The summed E-state index contributed by atoms with van der Waals surface area (Å²) in [6.45, 7) is 1.31. The smallest absolute Gasteiger partial charge is 0.321 e. The third kappa shape index (κ3) is 4.96. The Balaban J connectivity index is 2.33. The lowest BCUT2D eigenvalue weighted by Gasteiger charge is -2.28. The Morgan fingerprint density at radius 1 is 1.12 bits per heavy atom. The predicted molar refractivity (Wildman–Crippen MR) is 98.9 cm³/mol. The molecule has 0 aromatic heterocycles. The van der Waals surface area contributed by atoms with Crippen LogP contribution in [-0.4, -0.2) is 44.0 Å². The zero-order chi connectivity index (χ0) is 19.2. The van der Waals surface area contributed by atoms with E-state index in [1.165, 1.54) is 19.2 Å². The number of para-hydroxylation sites is 1. The lowest BCUT2D eigenvalue weighted by molar-refractivity contribution is -0.143. The highest BCUT2D eigenvalue weighted by atomic mass is 32.2. The van der Waals surface area contributed by atoms with E-state index in [9.17, 15) is 18.3 Å². The number of ether oxygens (including phenoxy) is 1. The van der Waals surface area contributed by atoms with Crippen LogP contribution in [-0.2, 0) is 26.3 Å². The van der Waals surface area contributed by atoms with Crippen LogP contribution in [0.25, 0.3) is 0 Å². The number of carbonyl (C=O) groups excluding carboxylic acids is 1. The Morgan fingerprint density at radius 2 is 1.81 bits per heavy atom. The molecular formula is C18H22N2O5S. The van der Waals surface area contributed by atoms with E-state index in [1.54, 1.807) is 49.4 Å².